The van der Waals surface area contributed by atoms with Gasteiger partial charge < -0.3 is 14.6 Å². The molecular formula is C19H16FN3O4S. The SMILES string of the molecule is COc1ccc(OC)c(-n2c(O)c(C=Nc3ccc(F)cc3)c(=O)[nH]c2=S)c1. The number of aromatic nitrogens is 2. The van der Waals surface area contributed by atoms with Crippen LogP contribution >= 0.6 is 12.2 Å². The number of H-pyrrole nitrogens is 1. The first kappa shape index (κ1) is 19.3. The minimum absolute atomic E-state index is 0.0343. The highest BCUT2D eigenvalue weighted by molar-refractivity contribution is 7.71. The van der Waals surface area contributed by atoms with Crippen LogP contribution in [0.4, 0.5) is 10.1 Å². The monoisotopic (exact) mass is 401 g/mol. The van der Waals surface area contributed by atoms with Gasteiger partial charge >= 0.3 is 0 Å². The molecule has 2 N–H and O–H groups in total. The number of aromatic hydroxyl groups is 1. The average molecular weight is 401 g/mol. The molecule has 0 unspecified atom stereocenters. The van der Waals surface area contributed by atoms with Gasteiger partial charge in [-0.15, -0.1) is 0 Å². The third-order valence-corrected chi connectivity index (χ3v) is 4.20. The Hall–Kier alpha value is -3.46. The molecule has 3 aromatic rings. The largest absolute Gasteiger partial charge is 0.497 e. The fourth-order valence-corrected chi connectivity index (χ4v) is 2.79. The Morgan fingerprint density at radius 1 is 1.18 bits per heavy atom. The van der Waals surface area contributed by atoms with Crippen LogP contribution in [0.2, 0.25) is 0 Å². The Bertz CT molecular complexity index is 1150. The molecule has 0 aliphatic rings. The van der Waals surface area contributed by atoms with Crippen molar-refractivity contribution in [2.45, 2.75) is 0 Å². The van der Waals surface area contributed by atoms with Crippen LogP contribution in [0.5, 0.6) is 17.4 Å². The Balaban J connectivity index is 2.17. The lowest BCUT2D eigenvalue weighted by atomic mass is 10.2. The van der Waals surface area contributed by atoms with Crippen LogP contribution in [-0.4, -0.2) is 35.1 Å². The zero-order valence-corrected chi connectivity index (χ0v) is 15.8. The Morgan fingerprint density at radius 3 is 2.54 bits per heavy atom. The maximum Gasteiger partial charge on any atom is 0.264 e. The van der Waals surface area contributed by atoms with E-state index in [0.29, 0.717) is 22.9 Å². The number of ether oxygens (including phenoxy) is 2. The molecule has 2 aromatic carbocycles. The molecule has 1 heterocycles. The molecule has 0 bridgehead atoms. The Labute approximate surface area is 164 Å². The number of nitrogens with one attached hydrogen (secondary N) is 1. The maximum absolute atomic E-state index is 13.0. The number of hydrogen-bond donors (Lipinski definition) is 2. The van der Waals surface area contributed by atoms with Gasteiger partial charge in [-0.05, 0) is 48.6 Å². The predicted molar refractivity (Wildman–Crippen MR) is 106 cm³/mol. The fraction of sp³-hybridized carbons (Fsp3) is 0.105. The molecule has 0 aliphatic heterocycles. The van der Waals surface area contributed by atoms with Crippen molar-refractivity contribution in [3.8, 4) is 23.1 Å². The van der Waals surface area contributed by atoms with Crippen LogP contribution in [0.15, 0.2) is 52.3 Å². The van der Waals surface area contributed by atoms with Crippen molar-refractivity contribution in [1.82, 2.24) is 9.55 Å². The molecule has 0 spiro atoms. The van der Waals surface area contributed by atoms with Gasteiger partial charge in [0.25, 0.3) is 5.56 Å². The maximum atomic E-state index is 13.0. The zero-order valence-electron chi connectivity index (χ0n) is 15.0. The van der Waals surface area contributed by atoms with E-state index in [1.807, 2.05) is 0 Å². The first-order chi connectivity index (χ1) is 13.4. The van der Waals surface area contributed by atoms with Gasteiger partial charge in [0.05, 0.1) is 25.6 Å². The highest BCUT2D eigenvalue weighted by atomic mass is 32.1. The van der Waals surface area contributed by atoms with E-state index in [-0.39, 0.29) is 10.3 Å². The molecule has 0 amide bonds. The predicted octanol–water partition coefficient (Wildman–Crippen LogP) is 3.51. The van der Waals surface area contributed by atoms with Crippen molar-refractivity contribution >= 4 is 24.1 Å². The van der Waals surface area contributed by atoms with E-state index >= 15 is 0 Å². The van der Waals surface area contributed by atoms with Gasteiger partial charge in [0.2, 0.25) is 5.88 Å². The number of nitrogens with zero attached hydrogens (tertiary/aromatic N) is 2. The minimum atomic E-state index is -0.619. The molecule has 144 valence electrons. The summed E-state index contributed by atoms with van der Waals surface area (Å²) < 4.78 is 24.8. The number of aromatic amines is 1. The van der Waals surface area contributed by atoms with E-state index in [1.165, 1.54) is 49.3 Å². The lowest BCUT2D eigenvalue weighted by Gasteiger charge is -2.15. The molecule has 1 aromatic heterocycles. The van der Waals surface area contributed by atoms with Crippen LogP contribution in [-0.2, 0) is 0 Å². The summed E-state index contributed by atoms with van der Waals surface area (Å²) in [5.74, 6) is 0.0785. The minimum Gasteiger partial charge on any atom is -0.497 e. The van der Waals surface area contributed by atoms with Crippen molar-refractivity contribution in [1.29, 1.82) is 0 Å². The van der Waals surface area contributed by atoms with Crippen molar-refractivity contribution in [2.75, 3.05) is 14.2 Å². The van der Waals surface area contributed by atoms with Crippen molar-refractivity contribution in [3.05, 3.63) is 69.0 Å². The lowest BCUT2D eigenvalue weighted by Crippen LogP contribution is -2.18. The number of halogens is 1. The topological polar surface area (TPSA) is 88.8 Å². The Kier molecular flexibility index (Phi) is 5.55. The van der Waals surface area contributed by atoms with E-state index in [1.54, 1.807) is 18.2 Å². The lowest BCUT2D eigenvalue weighted by molar-refractivity contribution is 0.394. The summed E-state index contributed by atoms with van der Waals surface area (Å²) in [6, 6.07) is 10.3. The van der Waals surface area contributed by atoms with Crippen LogP contribution in [0, 0.1) is 10.6 Å². The molecule has 0 radical (unpaired) electrons. The molecular weight excluding hydrogens is 385 g/mol. The smallest absolute Gasteiger partial charge is 0.264 e. The number of rotatable bonds is 5. The second-order valence-corrected chi connectivity index (χ2v) is 5.99. The van der Waals surface area contributed by atoms with Crippen molar-refractivity contribution < 1.29 is 19.0 Å². The van der Waals surface area contributed by atoms with E-state index in [0.717, 1.165) is 0 Å². The molecule has 0 aliphatic carbocycles. The normalized spacial score (nSPS) is 11.0. The molecule has 0 saturated carbocycles. The van der Waals surface area contributed by atoms with Gasteiger partial charge in [-0.2, -0.15) is 0 Å². The molecule has 3 rings (SSSR count). The van der Waals surface area contributed by atoms with Crippen LogP contribution in [0.3, 0.4) is 0 Å². The summed E-state index contributed by atoms with van der Waals surface area (Å²) in [5.41, 5.74) is 0.0412. The van der Waals surface area contributed by atoms with E-state index < -0.39 is 17.3 Å². The van der Waals surface area contributed by atoms with Crippen LogP contribution in [0.1, 0.15) is 5.56 Å². The van der Waals surface area contributed by atoms with E-state index in [9.17, 15) is 14.3 Å². The summed E-state index contributed by atoms with van der Waals surface area (Å²) in [6.07, 6.45) is 1.18. The first-order valence-electron chi connectivity index (χ1n) is 8.05. The molecule has 0 fully saturated rings. The van der Waals surface area contributed by atoms with E-state index in [2.05, 4.69) is 9.98 Å². The zero-order chi connectivity index (χ0) is 20.3. The van der Waals surface area contributed by atoms with Gasteiger partial charge in [-0.25, -0.2) is 4.39 Å². The van der Waals surface area contributed by atoms with Gasteiger partial charge in [-0.1, -0.05) is 0 Å². The molecule has 0 atom stereocenters. The van der Waals surface area contributed by atoms with E-state index in [4.69, 9.17) is 21.7 Å². The summed E-state index contributed by atoms with van der Waals surface area (Å²) in [5, 5.41) is 10.7. The average Bonchev–Trinajstić information content (AvgIpc) is 2.68. The second-order valence-electron chi connectivity index (χ2n) is 5.60. The number of aliphatic imine (C=N–C) groups is 1. The summed E-state index contributed by atoms with van der Waals surface area (Å²) in [4.78, 5) is 18.9. The third-order valence-electron chi connectivity index (χ3n) is 3.92. The molecule has 9 heteroatoms. The number of benzene rings is 2. The number of hydrogen-bond acceptors (Lipinski definition) is 6. The summed E-state index contributed by atoms with van der Waals surface area (Å²) >= 11 is 5.21. The van der Waals surface area contributed by atoms with Crippen LogP contribution in [0.25, 0.3) is 5.69 Å². The highest BCUT2D eigenvalue weighted by Crippen LogP contribution is 2.31. The third kappa shape index (κ3) is 3.79. The molecule has 28 heavy (non-hydrogen) atoms. The fourth-order valence-electron chi connectivity index (χ4n) is 2.52. The van der Waals surface area contributed by atoms with Gasteiger partial charge in [0.1, 0.15) is 22.9 Å². The van der Waals surface area contributed by atoms with Gasteiger partial charge in [-0.3, -0.25) is 19.3 Å². The van der Waals surface area contributed by atoms with Crippen LogP contribution < -0.4 is 15.0 Å². The Morgan fingerprint density at radius 2 is 1.89 bits per heavy atom. The van der Waals surface area contributed by atoms with Crippen molar-refractivity contribution in [3.63, 3.8) is 0 Å². The molecule has 0 saturated heterocycles. The number of methoxy groups -OCH3 is 2. The van der Waals surface area contributed by atoms with Gasteiger partial charge in [0, 0.05) is 12.3 Å². The van der Waals surface area contributed by atoms with Crippen molar-refractivity contribution in [2.24, 2.45) is 4.99 Å². The second kappa shape index (κ2) is 8.05. The first-order valence-corrected chi connectivity index (χ1v) is 8.45. The standard InChI is InChI=1S/C19H16FN3O4S/c1-26-13-7-8-16(27-2)15(9-13)23-18(25)14(17(24)22-19(23)28)10-21-12-5-3-11(20)4-6-12/h3-10,25H,1-2H3,(H,22,24,28). The summed E-state index contributed by atoms with van der Waals surface area (Å²) in [6.45, 7) is 0. The quantitative estimate of drug-likeness (QED) is 0.505. The molecule has 7 nitrogen and oxygen atoms in total. The highest BCUT2D eigenvalue weighted by Gasteiger charge is 2.16. The summed E-state index contributed by atoms with van der Waals surface area (Å²) in [7, 11) is 2.97. The van der Waals surface area contributed by atoms with Gasteiger partial charge in [0.15, 0.2) is 4.77 Å².